The molecule has 6 rings (SSSR count). The van der Waals surface area contributed by atoms with Crippen molar-refractivity contribution in [3.8, 4) is 5.95 Å². The zero-order valence-corrected chi connectivity index (χ0v) is 18.2. The predicted molar refractivity (Wildman–Crippen MR) is 126 cm³/mol. The van der Waals surface area contributed by atoms with Crippen molar-refractivity contribution >= 4 is 28.3 Å². The van der Waals surface area contributed by atoms with Crippen molar-refractivity contribution in [2.24, 2.45) is 0 Å². The number of anilines is 2. The largest absolute Gasteiger partial charge is 0.469 e. The number of nitrogens with zero attached hydrogens (tertiary/aromatic N) is 3. The van der Waals surface area contributed by atoms with E-state index in [1.165, 1.54) is 5.56 Å². The molecule has 1 atom stereocenters. The van der Waals surface area contributed by atoms with Gasteiger partial charge in [-0.25, -0.2) is 9.67 Å². The van der Waals surface area contributed by atoms with E-state index in [0.29, 0.717) is 30.2 Å². The van der Waals surface area contributed by atoms with E-state index in [2.05, 4.69) is 29.4 Å². The fraction of sp³-hybridized carbons (Fsp3) is 0.192. The molecule has 0 saturated heterocycles. The third kappa shape index (κ3) is 3.42. The zero-order chi connectivity index (χ0) is 22.4. The van der Waals surface area contributed by atoms with Gasteiger partial charge in [0, 0.05) is 24.4 Å². The number of nitrogens with one attached hydrogen (secondary N) is 2. The van der Waals surface area contributed by atoms with Gasteiger partial charge < -0.3 is 14.7 Å². The van der Waals surface area contributed by atoms with Crippen LogP contribution in [0.2, 0.25) is 0 Å². The van der Waals surface area contributed by atoms with E-state index in [-0.39, 0.29) is 11.7 Å². The first-order valence-corrected chi connectivity index (χ1v) is 11.2. The van der Waals surface area contributed by atoms with Gasteiger partial charge in [0.05, 0.1) is 28.6 Å². The molecule has 33 heavy (non-hydrogen) atoms. The predicted octanol–water partition coefficient (Wildman–Crippen LogP) is 5.56. The summed E-state index contributed by atoms with van der Waals surface area (Å²) in [7, 11) is 0. The number of rotatable bonds is 5. The Balaban J connectivity index is 1.46. The van der Waals surface area contributed by atoms with Gasteiger partial charge >= 0.3 is 0 Å². The van der Waals surface area contributed by atoms with Gasteiger partial charge in [-0.1, -0.05) is 31.2 Å². The van der Waals surface area contributed by atoms with Crippen molar-refractivity contribution in [3.05, 3.63) is 89.5 Å². The van der Waals surface area contributed by atoms with Gasteiger partial charge in [-0.3, -0.25) is 4.79 Å². The highest BCUT2D eigenvalue weighted by molar-refractivity contribution is 6.03. The number of aromatic amines is 1. The second kappa shape index (κ2) is 7.78. The first kappa shape index (κ1) is 19.5. The first-order valence-electron chi connectivity index (χ1n) is 11.2. The van der Waals surface area contributed by atoms with E-state index in [0.717, 1.165) is 34.6 Å². The van der Waals surface area contributed by atoms with Gasteiger partial charge in [0.1, 0.15) is 5.76 Å². The number of para-hydroxylation sites is 2. The van der Waals surface area contributed by atoms with Crippen molar-refractivity contribution in [3.63, 3.8) is 0 Å². The molecule has 0 spiro atoms. The van der Waals surface area contributed by atoms with E-state index in [1.807, 2.05) is 48.5 Å². The molecule has 3 aromatic heterocycles. The Morgan fingerprint density at radius 2 is 1.94 bits per heavy atom. The van der Waals surface area contributed by atoms with Gasteiger partial charge in [0.2, 0.25) is 5.95 Å². The molecule has 0 radical (unpaired) electrons. The maximum Gasteiger partial charge on any atom is 0.229 e. The lowest BCUT2D eigenvalue weighted by Crippen LogP contribution is -2.20. The van der Waals surface area contributed by atoms with Gasteiger partial charge in [0.15, 0.2) is 11.6 Å². The van der Waals surface area contributed by atoms with Crippen LogP contribution in [0.5, 0.6) is 0 Å². The standard InChI is InChI=1S/C26H23N5O2/c1-2-16-9-11-18(12-10-16)27-25-24-21(14-17(15-22(24)32)23-8-5-13-33-23)31(30-25)26-28-19-6-3-4-7-20(19)29-26/h3-13,17H,2,14-15H2,1H3,(H,27,30)(H,28,29). The highest BCUT2D eigenvalue weighted by Gasteiger charge is 2.35. The number of imidazole rings is 1. The zero-order valence-electron chi connectivity index (χ0n) is 18.2. The minimum Gasteiger partial charge on any atom is -0.469 e. The van der Waals surface area contributed by atoms with Crippen LogP contribution in [0.3, 0.4) is 0 Å². The number of H-pyrrole nitrogens is 1. The van der Waals surface area contributed by atoms with E-state index >= 15 is 0 Å². The van der Waals surface area contributed by atoms with Gasteiger partial charge in [-0.05, 0) is 48.4 Å². The molecule has 0 amide bonds. The molecule has 164 valence electrons. The van der Waals surface area contributed by atoms with Gasteiger partial charge in [0.25, 0.3) is 0 Å². The first-order chi connectivity index (χ1) is 16.2. The van der Waals surface area contributed by atoms with Crippen LogP contribution in [-0.2, 0) is 12.8 Å². The average Bonchev–Trinajstić information content (AvgIpc) is 3.58. The Morgan fingerprint density at radius 3 is 2.70 bits per heavy atom. The summed E-state index contributed by atoms with van der Waals surface area (Å²) in [6.07, 6.45) is 3.65. The van der Waals surface area contributed by atoms with E-state index in [9.17, 15) is 4.79 Å². The molecule has 0 fully saturated rings. The van der Waals surface area contributed by atoms with Crippen LogP contribution in [0.15, 0.2) is 71.3 Å². The SMILES string of the molecule is CCc1ccc(Nc2nn(-c3nc4ccccc4[nH]3)c3c2C(=O)CC(c2ccco2)C3)cc1. The molecule has 0 aliphatic heterocycles. The van der Waals surface area contributed by atoms with Crippen molar-refractivity contribution in [2.75, 3.05) is 5.32 Å². The summed E-state index contributed by atoms with van der Waals surface area (Å²) >= 11 is 0. The third-order valence-electron chi connectivity index (χ3n) is 6.28. The summed E-state index contributed by atoms with van der Waals surface area (Å²) in [6.45, 7) is 2.13. The maximum atomic E-state index is 13.4. The van der Waals surface area contributed by atoms with E-state index in [1.54, 1.807) is 10.9 Å². The Bertz CT molecular complexity index is 1410. The molecule has 7 nitrogen and oxygen atoms in total. The fourth-order valence-electron chi connectivity index (χ4n) is 4.55. The lowest BCUT2D eigenvalue weighted by molar-refractivity contribution is 0.0960. The van der Waals surface area contributed by atoms with Crippen molar-refractivity contribution in [1.82, 2.24) is 19.7 Å². The van der Waals surface area contributed by atoms with Crippen LogP contribution >= 0.6 is 0 Å². The Kier molecular flexibility index (Phi) is 4.61. The number of ketones is 1. The number of aromatic nitrogens is 4. The van der Waals surface area contributed by atoms with Crippen molar-refractivity contribution in [2.45, 2.75) is 32.1 Å². The smallest absolute Gasteiger partial charge is 0.229 e. The van der Waals surface area contributed by atoms with Crippen LogP contribution in [-0.4, -0.2) is 25.5 Å². The Labute approximate surface area is 190 Å². The van der Waals surface area contributed by atoms with Crippen LogP contribution in [0, 0.1) is 0 Å². The van der Waals surface area contributed by atoms with Crippen molar-refractivity contribution in [1.29, 1.82) is 0 Å². The summed E-state index contributed by atoms with van der Waals surface area (Å²) in [5, 5.41) is 8.19. The summed E-state index contributed by atoms with van der Waals surface area (Å²) in [5.41, 5.74) is 5.38. The number of aryl methyl sites for hydroxylation is 1. The molecular formula is C26H23N5O2. The molecule has 1 aliphatic carbocycles. The second-order valence-electron chi connectivity index (χ2n) is 8.38. The lowest BCUT2D eigenvalue weighted by atomic mass is 9.85. The van der Waals surface area contributed by atoms with Crippen LogP contribution < -0.4 is 5.32 Å². The fourth-order valence-corrected chi connectivity index (χ4v) is 4.55. The van der Waals surface area contributed by atoms with Gasteiger partial charge in [-0.15, -0.1) is 5.10 Å². The Morgan fingerprint density at radius 1 is 1.09 bits per heavy atom. The van der Waals surface area contributed by atoms with Crippen LogP contribution in [0.25, 0.3) is 17.0 Å². The average molecular weight is 438 g/mol. The highest BCUT2D eigenvalue weighted by atomic mass is 16.3. The maximum absolute atomic E-state index is 13.4. The molecule has 1 aliphatic rings. The second-order valence-corrected chi connectivity index (χ2v) is 8.38. The molecule has 2 N–H and O–H groups in total. The normalized spacial score (nSPS) is 15.7. The minimum atomic E-state index is -0.0310. The number of hydrogen-bond donors (Lipinski definition) is 2. The monoisotopic (exact) mass is 437 g/mol. The lowest BCUT2D eigenvalue weighted by Gasteiger charge is -2.20. The molecule has 7 heteroatoms. The molecule has 1 unspecified atom stereocenters. The summed E-state index contributed by atoms with van der Waals surface area (Å²) in [6, 6.07) is 19.8. The highest BCUT2D eigenvalue weighted by Crippen LogP contribution is 2.38. The number of fused-ring (bicyclic) bond motifs is 2. The molecule has 3 heterocycles. The number of hydrogen-bond acceptors (Lipinski definition) is 5. The molecular weight excluding hydrogens is 414 g/mol. The number of furan rings is 1. The molecule has 0 bridgehead atoms. The number of benzene rings is 2. The van der Waals surface area contributed by atoms with E-state index < -0.39 is 0 Å². The molecule has 0 saturated carbocycles. The summed E-state index contributed by atoms with van der Waals surface area (Å²) in [5.74, 6) is 1.98. The van der Waals surface area contributed by atoms with Gasteiger partial charge in [-0.2, -0.15) is 0 Å². The molecule has 5 aromatic rings. The topological polar surface area (TPSA) is 88.7 Å². The summed E-state index contributed by atoms with van der Waals surface area (Å²) < 4.78 is 7.40. The number of Topliss-reactive ketones (excluding diaryl/α,β-unsaturated/α-hetero) is 1. The Hall–Kier alpha value is -4.13. The van der Waals surface area contributed by atoms with Crippen LogP contribution in [0.1, 0.15) is 46.6 Å². The van der Waals surface area contributed by atoms with Crippen molar-refractivity contribution < 1.29 is 9.21 Å². The third-order valence-corrected chi connectivity index (χ3v) is 6.28. The molecule has 2 aromatic carbocycles. The van der Waals surface area contributed by atoms with Crippen LogP contribution in [0.4, 0.5) is 11.5 Å². The summed E-state index contributed by atoms with van der Waals surface area (Å²) in [4.78, 5) is 21.4. The number of carbonyl (C=O) groups is 1. The minimum absolute atomic E-state index is 0.0310. The quantitative estimate of drug-likeness (QED) is 0.376. The number of carbonyl (C=O) groups excluding carboxylic acids is 1. The van der Waals surface area contributed by atoms with E-state index in [4.69, 9.17) is 14.5 Å².